The Hall–Kier alpha value is -3.41. The molecule has 0 spiro atoms. The first-order valence-corrected chi connectivity index (χ1v) is 8.63. The molecular formula is C17H16F3N7O2. The molecule has 0 saturated carbocycles. The van der Waals surface area contributed by atoms with Crippen LogP contribution in [0.2, 0.25) is 0 Å². The summed E-state index contributed by atoms with van der Waals surface area (Å²) >= 11 is 0. The Kier molecular flexibility index (Phi) is 4.49. The minimum atomic E-state index is -4.62. The van der Waals surface area contributed by atoms with Crippen LogP contribution in [0.5, 0.6) is 0 Å². The number of hydrazine groups is 1. The fourth-order valence-corrected chi connectivity index (χ4v) is 3.60. The number of aromatic amines is 1. The maximum absolute atomic E-state index is 13.7. The SMILES string of the molecule is CC1=C(C(=O)Nc2ncn[nH]2)C(=O)N2NC(C(F)(F)F)C(c3ccccc3)C2N1. The second kappa shape index (κ2) is 6.88. The van der Waals surface area contributed by atoms with E-state index in [1.807, 2.05) is 0 Å². The zero-order valence-corrected chi connectivity index (χ0v) is 15.0. The molecule has 0 aliphatic carbocycles. The summed E-state index contributed by atoms with van der Waals surface area (Å²) in [6, 6.07) is 6.11. The molecule has 1 saturated heterocycles. The lowest BCUT2D eigenvalue weighted by Gasteiger charge is -2.34. The highest BCUT2D eigenvalue weighted by molar-refractivity contribution is 6.23. The molecule has 29 heavy (non-hydrogen) atoms. The molecule has 2 aromatic rings. The lowest BCUT2D eigenvalue weighted by molar-refractivity contribution is -0.161. The molecule has 2 aliphatic heterocycles. The zero-order valence-electron chi connectivity index (χ0n) is 15.0. The first-order valence-electron chi connectivity index (χ1n) is 8.63. The maximum Gasteiger partial charge on any atom is 0.406 e. The van der Waals surface area contributed by atoms with E-state index >= 15 is 0 Å². The van der Waals surface area contributed by atoms with Crippen molar-refractivity contribution in [3.8, 4) is 0 Å². The molecule has 2 amide bonds. The van der Waals surface area contributed by atoms with Crippen LogP contribution in [0.25, 0.3) is 0 Å². The lowest BCUT2D eigenvalue weighted by Crippen LogP contribution is -2.56. The molecular weight excluding hydrogens is 391 g/mol. The third kappa shape index (κ3) is 3.31. The second-order valence-electron chi connectivity index (χ2n) is 6.64. The lowest BCUT2D eigenvalue weighted by atomic mass is 9.89. The summed E-state index contributed by atoms with van der Waals surface area (Å²) in [6.45, 7) is 1.47. The van der Waals surface area contributed by atoms with Crippen LogP contribution in [0.15, 0.2) is 47.9 Å². The average Bonchev–Trinajstić information content (AvgIpc) is 3.29. The van der Waals surface area contributed by atoms with Crippen molar-refractivity contribution in [2.24, 2.45) is 0 Å². The van der Waals surface area contributed by atoms with Gasteiger partial charge in [0.2, 0.25) is 5.95 Å². The van der Waals surface area contributed by atoms with Gasteiger partial charge in [-0.05, 0) is 12.5 Å². The number of anilines is 1. The van der Waals surface area contributed by atoms with E-state index in [-0.39, 0.29) is 17.2 Å². The van der Waals surface area contributed by atoms with E-state index in [2.05, 4.69) is 31.2 Å². The Morgan fingerprint density at radius 2 is 1.97 bits per heavy atom. The van der Waals surface area contributed by atoms with Crippen molar-refractivity contribution >= 4 is 17.8 Å². The number of carbonyl (C=O) groups is 2. The maximum atomic E-state index is 13.7. The van der Waals surface area contributed by atoms with Crippen molar-refractivity contribution < 1.29 is 22.8 Å². The Morgan fingerprint density at radius 1 is 1.24 bits per heavy atom. The van der Waals surface area contributed by atoms with Crippen molar-refractivity contribution in [2.75, 3.05) is 5.32 Å². The van der Waals surface area contributed by atoms with E-state index in [1.165, 1.54) is 6.92 Å². The molecule has 4 N–H and O–H groups in total. The topological polar surface area (TPSA) is 115 Å². The highest BCUT2D eigenvalue weighted by atomic mass is 19.4. The van der Waals surface area contributed by atoms with Gasteiger partial charge in [0.25, 0.3) is 11.8 Å². The monoisotopic (exact) mass is 407 g/mol. The molecule has 4 rings (SSSR count). The molecule has 0 radical (unpaired) electrons. The third-order valence-corrected chi connectivity index (χ3v) is 4.84. The van der Waals surface area contributed by atoms with Crippen LogP contribution < -0.4 is 16.1 Å². The fourth-order valence-electron chi connectivity index (χ4n) is 3.60. The minimum absolute atomic E-state index is 0.00920. The van der Waals surface area contributed by atoms with E-state index in [1.54, 1.807) is 30.3 Å². The summed E-state index contributed by atoms with van der Waals surface area (Å²) in [5.74, 6) is -2.77. The minimum Gasteiger partial charge on any atom is -0.366 e. The number of fused-ring (bicyclic) bond motifs is 1. The van der Waals surface area contributed by atoms with Gasteiger partial charge in [-0.1, -0.05) is 30.3 Å². The summed E-state index contributed by atoms with van der Waals surface area (Å²) in [7, 11) is 0. The van der Waals surface area contributed by atoms with E-state index in [0.29, 0.717) is 5.56 Å². The van der Waals surface area contributed by atoms with Crippen molar-refractivity contribution in [1.29, 1.82) is 0 Å². The van der Waals surface area contributed by atoms with E-state index in [4.69, 9.17) is 0 Å². The Bertz CT molecular complexity index is 959. The number of allylic oxidation sites excluding steroid dienone is 1. The highest BCUT2D eigenvalue weighted by Gasteiger charge is 2.58. The molecule has 3 heterocycles. The molecule has 3 atom stereocenters. The fraction of sp³-hybridized carbons (Fsp3) is 0.294. The van der Waals surface area contributed by atoms with Crippen LogP contribution in [-0.4, -0.2) is 50.4 Å². The number of nitrogens with one attached hydrogen (secondary N) is 4. The predicted molar refractivity (Wildman–Crippen MR) is 93.6 cm³/mol. The molecule has 1 fully saturated rings. The summed E-state index contributed by atoms with van der Waals surface area (Å²) < 4.78 is 41.2. The number of alkyl halides is 3. The predicted octanol–water partition coefficient (Wildman–Crippen LogP) is 1.01. The summed E-state index contributed by atoms with van der Waals surface area (Å²) in [4.78, 5) is 29.2. The highest BCUT2D eigenvalue weighted by Crippen LogP contribution is 2.41. The number of hydrogen-bond acceptors (Lipinski definition) is 6. The van der Waals surface area contributed by atoms with E-state index in [0.717, 1.165) is 11.3 Å². The Labute approximate surface area is 162 Å². The van der Waals surface area contributed by atoms with Crippen molar-refractivity contribution in [3.63, 3.8) is 0 Å². The Balaban J connectivity index is 1.68. The van der Waals surface area contributed by atoms with Crippen LogP contribution in [0.4, 0.5) is 19.1 Å². The number of aromatic nitrogens is 3. The number of amides is 2. The summed E-state index contributed by atoms with van der Waals surface area (Å²) in [5.41, 5.74) is 2.50. The van der Waals surface area contributed by atoms with Crippen LogP contribution in [-0.2, 0) is 9.59 Å². The summed E-state index contributed by atoms with van der Waals surface area (Å²) in [6.07, 6.45) is -4.47. The molecule has 1 aromatic heterocycles. The molecule has 0 bridgehead atoms. The quantitative estimate of drug-likeness (QED) is 0.565. The van der Waals surface area contributed by atoms with Gasteiger partial charge < -0.3 is 5.32 Å². The number of nitrogens with zero attached hydrogens (tertiary/aromatic N) is 3. The molecule has 152 valence electrons. The van der Waals surface area contributed by atoms with Crippen molar-refractivity contribution in [1.82, 2.24) is 30.9 Å². The van der Waals surface area contributed by atoms with Crippen LogP contribution >= 0.6 is 0 Å². The van der Waals surface area contributed by atoms with Gasteiger partial charge in [-0.25, -0.2) is 15.5 Å². The van der Waals surface area contributed by atoms with Crippen LogP contribution in [0, 0.1) is 0 Å². The third-order valence-electron chi connectivity index (χ3n) is 4.84. The number of H-pyrrole nitrogens is 1. The van der Waals surface area contributed by atoms with Gasteiger partial charge in [0.15, 0.2) is 0 Å². The number of carbonyl (C=O) groups excluding carboxylic acids is 2. The molecule has 2 aliphatic rings. The first kappa shape index (κ1) is 18.9. The van der Waals surface area contributed by atoms with Crippen molar-refractivity contribution in [3.05, 3.63) is 53.5 Å². The van der Waals surface area contributed by atoms with Gasteiger partial charge in [-0.3, -0.25) is 14.9 Å². The Morgan fingerprint density at radius 3 is 2.59 bits per heavy atom. The molecule has 1 aromatic carbocycles. The molecule has 9 nitrogen and oxygen atoms in total. The number of hydrogen-bond donors (Lipinski definition) is 4. The van der Waals surface area contributed by atoms with Crippen LogP contribution in [0.3, 0.4) is 0 Å². The molecule has 12 heteroatoms. The van der Waals surface area contributed by atoms with Gasteiger partial charge in [-0.2, -0.15) is 23.3 Å². The van der Waals surface area contributed by atoms with Crippen LogP contribution in [0.1, 0.15) is 18.4 Å². The largest absolute Gasteiger partial charge is 0.406 e. The zero-order chi connectivity index (χ0) is 20.8. The van der Waals surface area contributed by atoms with E-state index in [9.17, 15) is 22.8 Å². The second-order valence-corrected chi connectivity index (χ2v) is 6.64. The molecule has 3 unspecified atom stereocenters. The number of halogens is 3. The van der Waals surface area contributed by atoms with Gasteiger partial charge in [0.05, 0.1) is 5.92 Å². The van der Waals surface area contributed by atoms with Crippen molar-refractivity contribution in [2.45, 2.75) is 31.2 Å². The average molecular weight is 407 g/mol. The van der Waals surface area contributed by atoms with Gasteiger partial charge in [0, 0.05) is 5.70 Å². The number of rotatable bonds is 3. The standard InChI is InChI=1S/C17H16F3N7O2/c1-8-10(14(28)24-16-21-7-22-25-16)15(29)27-13(23-8)11(9-5-3-2-4-6-9)12(26-27)17(18,19)20/h2-7,11-13,23,26H,1H3,(H2,21,22,24,25,28). The van der Waals surface area contributed by atoms with Gasteiger partial charge in [-0.15, -0.1) is 0 Å². The normalized spacial score (nSPS) is 24.3. The first-order chi connectivity index (χ1) is 13.8. The van der Waals surface area contributed by atoms with Gasteiger partial charge in [0.1, 0.15) is 24.1 Å². The summed E-state index contributed by atoms with van der Waals surface area (Å²) in [5, 5.41) is 12.1. The smallest absolute Gasteiger partial charge is 0.366 e. The van der Waals surface area contributed by atoms with E-state index < -0.39 is 36.1 Å². The van der Waals surface area contributed by atoms with Gasteiger partial charge >= 0.3 is 6.18 Å². The number of benzene rings is 1.